The maximum Gasteiger partial charge on any atom is 0.137 e. The van der Waals surface area contributed by atoms with Gasteiger partial charge in [0.05, 0.1) is 4.47 Å². The molecule has 100 valence electrons. The SMILES string of the molecule is Fc1cc(CNCCCC2CCCC2)ccc1Br. The van der Waals surface area contributed by atoms with Gasteiger partial charge in [-0.1, -0.05) is 31.7 Å². The average Bonchev–Trinajstić information content (AvgIpc) is 2.86. The van der Waals surface area contributed by atoms with Gasteiger partial charge in [-0.15, -0.1) is 0 Å². The summed E-state index contributed by atoms with van der Waals surface area (Å²) in [7, 11) is 0. The number of benzene rings is 1. The third kappa shape index (κ3) is 4.36. The second-order valence-electron chi connectivity index (χ2n) is 5.22. The summed E-state index contributed by atoms with van der Waals surface area (Å²) in [5.41, 5.74) is 1.01. The maximum atomic E-state index is 13.3. The Labute approximate surface area is 117 Å². The van der Waals surface area contributed by atoms with E-state index in [0.717, 1.165) is 24.6 Å². The molecule has 1 fully saturated rings. The monoisotopic (exact) mass is 313 g/mol. The Morgan fingerprint density at radius 2 is 2.06 bits per heavy atom. The van der Waals surface area contributed by atoms with Crippen LogP contribution in [-0.2, 0) is 6.54 Å². The van der Waals surface area contributed by atoms with Crippen LogP contribution in [0.15, 0.2) is 22.7 Å². The highest BCUT2D eigenvalue weighted by atomic mass is 79.9. The zero-order valence-corrected chi connectivity index (χ0v) is 12.3. The third-order valence-corrected chi connectivity index (χ3v) is 4.40. The maximum absolute atomic E-state index is 13.3. The summed E-state index contributed by atoms with van der Waals surface area (Å²) in [6.07, 6.45) is 8.30. The largest absolute Gasteiger partial charge is 0.313 e. The van der Waals surface area contributed by atoms with Crippen LogP contribution >= 0.6 is 15.9 Å². The molecule has 1 saturated carbocycles. The Kier molecular flexibility index (Phi) is 5.64. The van der Waals surface area contributed by atoms with E-state index in [1.807, 2.05) is 6.07 Å². The first-order chi connectivity index (χ1) is 8.75. The molecule has 0 spiro atoms. The number of halogens is 2. The Bertz CT molecular complexity index is 375. The van der Waals surface area contributed by atoms with Crippen LogP contribution in [-0.4, -0.2) is 6.54 Å². The van der Waals surface area contributed by atoms with Crippen molar-refractivity contribution < 1.29 is 4.39 Å². The molecule has 0 heterocycles. The molecule has 0 radical (unpaired) electrons. The van der Waals surface area contributed by atoms with Crippen molar-refractivity contribution in [2.75, 3.05) is 6.54 Å². The summed E-state index contributed by atoms with van der Waals surface area (Å²) in [5, 5.41) is 3.39. The van der Waals surface area contributed by atoms with Crippen LogP contribution in [0, 0.1) is 11.7 Å². The lowest BCUT2D eigenvalue weighted by atomic mass is 10.0. The van der Waals surface area contributed by atoms with E-state index >= 15 is 0 Å². The Morgan fingerprint density at radius 3 is 2.78 bits per heavy atom. The van der Waals surface area contributed by atoms with Crippen LogP contribution in [0.25, 0.3) is 0 Å². The molecular formula is C15H21BrFN. The predicted octanol–water partition coefficient (Wildman–Crippen LogP) is 4.65. The minimum atomic E-state index is -0.180. The summed E-state index contributed by atoms with van der Waals surface area (Å²) >= 11 is 3.16. The normalized spacial score (nSPS) is 16.3. The molecule has 0 atom stereocenters. The fourth-order valence-electron chi connectivity index (χ4n) is 2.70. The van der Waals surface area contributed by atoms with Crippen LogP contribution in [0.5, 0.6) is 0 Å². The molecule has 1 aliphatic carbocycles. The molecule has 0 unspecified atom stereocenters. The quantitative estimate of drug-likeness (QED) is 0.754. The third-order valence-electron chi connectivity index (χ3n) is 3.75. The Balaban J connectivity index is 1.61. The van der Waals surface area contributed by atoms with Gasteiger partial charge in [0.15, 0.2) is 0 Å². The first-order valence-corrected chi connectivity index (χ1v) is 7.69. The predicted molar refractivity (Wildman–Crippen MR) is 77.0 cm³/mol. The van der Waals surface area contributed by atoms with Gasteiger partial charge in [-0.3, -0.25) is 0 Å². The van der Waals surface area contributed by atoms with Crippen molar-refractivity contribution in [2.45, 2.75) is 45.1 Å². The van der Waals surface area contributed by atoms with Gasteiger partial charge < -0.3 is 5.32 Å². The topological polar surface area (TPSA) is 12.0 Å². The minimum Gasteiger partial charge on any atom is -0.313 e. The molecule has 0 aliphatic heterocycles. The van der Waals surface area contributed by atoms with Crippen LogP contribution in [0.1, 0.15) is 44.1 Å². The fourth-order valence-corrected chi connectivity index (χ4v) is 2.94. The van der Waals surface area contributed by atoms with Crippen LogP contribution in [0.2, 0.25) is 0 Å². The molecule has 0 bridgehead atoms. The molecule has 0 aromatic heterocycles. The van der Waals surface area contributed by atoms with E-state index in [9.17, 15) is 4.39 Å². The highest BCUT2D eigenvalue weighted by Gasteiger charge is 2.13. The minimum absolute atomic E-state index is 0.180. The van der Waals surface area contributed by atoms with Crippen LogP contribution in [0.4, 0.5) is 4.39 Å². The standard InChI is InChI=1S/C15H21BrFN/c16-14-8-7-13(10-15(14)17)11-18-9-3-6-12-4-1-2-5-12/h7-8,10,12,18H,1-6,9,11H2. The highest BCUT2D eigenvalue weighted by Crippen LogP contribution is 2.28. The van der Waals surface area contributed by atoms with E-state index in [1.54, 1.807) is 12.1 Å². The van der Waals surface area contributed by atoms with Crippen LogP contribution in [0.3, 0.4) is 0 Å². The van der Waals surface area contributed by atoms with E-state index in [4.69, 9.17) is 0 Å². The Morgan fingerprint density at radius 1 is 1.28 bits per heavy atom. The summed E-state index contributed by atoms with van der Waals surface area (Å²) < 4.78 is 13.8. The van der Waals surface area contributed by atoms with Crippen molar-refractivity contribution in [1.82, 2.24) is 5.32 Å². The first-order valence-electron chi connectivity index (χ1n) is 6.90. The van der Waals surface area contributed by atoms with Crippen molar-refractivity contribution in [2.24, 2.45) is 5.92 Å². The average molecular weight is 314 g/mol. The molecule has 1 nitrogen and oxygen atoms in total. The second kappa shape index (κ2) is 7.25. The van der Waals surface area contributed by atoms with Gasteiger partial charge in [-0.05, 0) is 58.9 Å². The molecule has 0 saturated heterocycles. The molecule has 1 aromatic rings. The number of hydrogen-bond donors (Lipinski definition) is 1. The number of hydrogen-bond acceptors (Lipinski definition) is 1. The molecule has 1 aromatic carbocycles. The molecule has 2 rings (SSSR count). The van der Waals surface area contributed by atoms with E-state index in [-0.39, 0.29) is 5.82 Å². The van der Waals surface area contributed by atoms with Crippen molar-refractivity contribution in [3.63, 3.8) is 0 Å². The van der Waals surface area contributed by atoms with Gasteiger partial charge in [0.1, 0.15) is 5.82 Å². The van der Waals surface area contributed by atoms with E-state index < -0.39 is 0 Å². The first kappa shape index (κ1) is 14.0. The molecule has 18 heavy (non-hydrogen) atoms. The van der Waals surface area contributed by atoms with Gasteiger partial charge >= 0.3 is 0 Å². The zero-order valence-electron chi connectivity index (χ0n) is 10.7. The van der Waals surface area contributed by atoms with Crippen molar-refractivity contribution in [3.05, 3.63) is 34.1 Å². The van der Waals surface area contributed by atoms with Gasteiger partial charge in [-0.25, -0.2) is 4.39 Å². The van der Waals surface area contributed by atoms with Crippen molar-refractivity contribution >= 4 is 15.9 Å². The molecule has 1 N–H and O–H groups in total. The lowest BCUT2D eigenvalue weighted by Crippen LogP contribution is -2.15. The zero-order chi connectivity index (χ0) is 12.8. The summed E-state index contributed by atoms with van der Waals surface area (Å²) in [4.78, 5) is 0. The van der Waals surface area contributed by atoms with Gasteiger partial charge in [0.25, 0.3) is 0 Å². The van der Waals surface area contributed by atoms with E-state index in [1.165, 1.54) is 38.5 Å². The number of rotatable bonds is 6. The highest BCUT2D eigenvalue weighted by molar-refractivity contribution is 9.10. The molecule has 0 amide bonds. The van der Waals surface area contributed by atoms with Crippen molar-refractivity contribution in [3.8, 4) is 0 Å². The number of nitrogens with one attached hydrogen (secondary N) is 1. The van der Waals surface area contributed by atoms with Gasteiger partial charge in [-0.2, -0.15) is 0 Å². The van der Waals surface area contributed by atoms with E-state index in [2.05, 4.69) is 21.2 Å². The smallest absolute Gasteiger partial charge is 0.137 e. The molecule has 1 aliphatic rings. The summed E-state index contributed by atoms with van der Waals surface area (Å²) in [6, 6.07) is 5.32. The second-order valence-corrected chi connectivity index (χ2v) is 6.07. The summed E-state index contributed by atoms with van der Waals surface area (Å²) in [6.45, 7) is 1.79. The molecule has 3 heteroatoms. The summed E-state index contributed by atoms with van der Waals surface area (Å²) in [5.74, 6) is 0.789. The lowest BCUT2D eigenvalue weighted by molar-refractivity contribution is 0.470. The lowest BCUT2D eigenvalue weighted by Gasteiger charge is -2.09. The van der Waals surface area contributed by atoms with Crippen molar-refractivity contribution in [1.29, 1.82) is 0 Å². The van der Waals surface area contributed by atoms with Gasteiger partial charge in [0, 0.05) is 6.54 Å². The van der Waals surface area contributed by atoms with Gasteiger partial charge in [0.2, 0.25) is 0 Å². The van der Waals surface area contributed by atoms with Crippen LogP contribution < -0.4 is 5.32 Å². The molecular weight excluding hydrogens is 293 g/mol. The van der Waals surface area contributed by atoms with E-state index in [0.29, 0.717) is 4.47 Å². The fraction of sp³-hybridized carbons (Fsp3) is 0.600. The Hall–Kier alpha value is -0.410.